The third-order valence-electron chi connectivity index (χ3n) is 12.6. The number of morpholine rings is 1. The predicted molar refractivity (Wildman–Crippen MR) is 212 cm³/mol. The van der Waals surface area contributed by atoms with Gasteiger partial charge >= 0.3 is 12.1 Å². The molecule has 5 fully saturated rings. The van der Waals surface area contributed by atoms with Crippen LogP contribution in [0.2, 0.25) is 5.02 Å². The number of pyridine rings is 1. The highest BCUT2D eigenvalue weighted by Gasteiger charge is 2.61. The van der Waals surface area contributed by atoms with Crippen LogP contribution in [-0.2, 0) is 23.9 Å². The van der Waals surface area contributed by atoms with Crippen LogP contribution in [0.3, 0.4) is 0 Å². The van der Waals surface area contributed by atoms with Crippen LogP contribution in [0.25, 0.3) is 10.9 Å². The zero-order valence-electron chi connectivity index (χ0n) is 33.0. The van der Waals surface area contributed by atoms with Gasteiger partial charge in [0.1, 0.15) is 58.5 Å². The molecule has 3 saturated carbocycles. The molecule has 8 rings (SSSR count). The molecule has 1 aromatic heterocycles. The molecule has 0 radical (unpaired) electrons. The van der Waals surface area contributed by atoms with Crippen LogP contribution in [0.1, 0.15) is 71.1 Å². The summed E-state index contributed by atoms with van der Waals surface area (Å²) in [6.45, 7) is 6.37. The Bertz CT molecular complexity index is 1900. The topological polar surface area (TPSA) is 178 Å². The number of ether oxygens (including phenoxy) is 5. The molecular weight excluding hydrogens is 770 g/mol. The van der Waals surface area contributed by atoms with Gasteiger partial charge < -0.3 is 44.3 Å². The lowest BCUT2D eigenvalue weighted by molar-refractivity contribution is -0.145. The number of nitrogens with one attached hydrogen (secondary N) is 2. The Morgan fingerprint density at radius 3 is 2.64 bits per heavy atom. The number of fused-ring (bicyclic) bond motifs is 4. The number of aromatic nitrogens is 1. The number of amides is 3. The molecule has 4 heterocycles. The first-order valence-corrected chi connectivity index (χ1v) is 21.3. The number of hydrogen-bond donors (Lipinski definition) is 3. The molecule has 3 N–H and O–H groups in total. The lowest BCUT2D eigenvalue weighted by atomic mass is 10.0. The molecule has 0 unspecified atom stereocenters. The van der Waals surface area contributed by atoms with Gasteiger partial charge in [0.15, 0.2) is 0 Å². The minimum Gasteiger partial charge on any atom is -0.491 e. The van der Waals surface area contributed by atoms with Gasteiger partial charge in [0, 0.05) is 43.4 Å². The third-order valence-corrected chi connectivity index (χ3v) is 12.9. The largest absolute Gasteiger partial charge is 0.491 e. The highest BCUT2D eigenvalue weighted by atomic mass is 35.5. The number of alkyl carbamates (subject to hydrolysis) is 1. The second-order valence-corrected chi connectivity index (χ2v) is 16.9. The molecule has 16 heteroatoms. The SMILES string of the molecule is CCOc1cc(O[C@@H]2C[C@H]3C(=O)N[C@]4(C(=O)O)C[C@H]4/C=C\CCCCC[C@H](NC(=O)O[C@@H]4C[C@@H]5C[C@@H]5C4)C(=O)N3C2)c2ccc(OCCN3CCOCC3)c(Cl)c2n1. The molecule has 6 aliphatic rings. The first kappa shape index (κ1) is 40.4. The zero-order chi connectivity index (χ0) is 40.4. The van der Waals surface area contributed by atoms with E-state index in [1.807, 2.05) is 25.1 Å². The van der Waals surface area contributed by atoms with Crippen LogP contribution in [0.15, 0.2) is 30.4 Å². The summed E-state index contributed by atoms with van der Waals surface area (Å²) in [6.07, 6.45) is 8.93. The van der Waals surface area contributed by atoms with Gasteiger partial charge in [-0.25, -0.2) is 14.6 Å². The molecule has 15 nitrogen and oxygen atoms in total. The van der Waals surface area contributed by atoms with Crippen LogP contribution >= 0.6 is 11.6 Å². The quantitative estimate of drug-likeness (QED) is 0.266. The third kappa shape index (κ3) is 8.96. The van der Waals surface area contributed by atoms with E-state index in [1.54, 1.807) is 12.1 Å². The average Bonchev–Trinajstić information content (AvgIpc) is 4.01. The molecule has 0 spiro atoms. The van der Waals surface area contributed by atoms with Crippen molar-refractivity contribution in [3.63, 3.8) is 0 Å². The Labute approximate surface area is 343 Å². The summed E-state index contributed by atoms with van der Waals surface area (Å²) in [7, 11) is 0. The van der Waals surface area contributed by atoms with Gasteiger partial charge in [-0.1, -0.05) is 36.6 Å². The Hall–Kier alpha value is -4.34. The molecule has 3 aliphatic carbocycles. The fourth-order valence-corrected chi connectivity index (χ4v) is 9.40. The van der Waals surface area contributed by atoms with Gasteiger partial charge in [-0.3, -0.25) is 14.5 Å². The van der Waals surface area contributed by atoms with E-state index in [0.717, 1.165) is 45.2 Å². The smallest absolute Gasteiger partial charge is 0.408 e. The number of halogens is 1. The lowest BCUT2D eigenvalue weighted by Gasteiger charge is -2.29. The van der Waals surface area contributed by atoms with Crippen molar-refractivity contribution in [2.24, 2.45) is 17.8 Å². The molecule has 8 atom stereocenters. The number of carbonyl (C=O) groups excluding carboxylic acids is 3. The zero-order valence-corrected chi connectivity index (χ0v) is 33.8. The van der Waals surface area contributed by atoms with E-state index in [9.17, 15) is 24.3 Å². The summed E-state index contributed by atoms with van der Waals surface area (Å²) >= 11 is 6.93. The van der Waals surface area contributed by atoms with E-state index in [1.165, 1.54) is 11.3 Å². The van der Waals surface area contributed by atoms with Crippen LogP contribution in [0.4, 0.5) is 4.79 Å². The van der Waals surface area contributed by atoms with Crippen LogP contribution in [-0.4, -0.2) is 126 Å². The Kier molecular flexibility index (Phi) is 12.2. The number of benzene rings is 1. The summed E-state index contributed by atoms with van der Waals surface area (Å²) in [5, 5.41) is 16.8. The van der Waals surface area contributed by atoms with Crippen LogP contribution in [0.5, 0.6) is 17.4 Å². The van der Waals surface area contributed by atoms with Gasteiger partial charge in [0.25, 0.3) is 0 Å². The summed E-state index contributed by atoms with van der Waals surface area (Å²) in [4.78, 5) is 63.0. The second kappa shape index (κ2) is 17.5. The summed E-state index contributed by atoms with van der Waals surface area (Å²) in [5.41, 5.74) is -1.05. The van der Waals surface area contributed by atoms with Crippen LogP contribution in [0, 0.1) is 17.8 Å². The number of hydrogen-bond acceptors (Lipinski definition) is 11. The van der Waals surface area contributed by atoms with E-state index in [0.29, 0.717) is 85.1 Å². The van der Waals surface area contributed by atoms with E-state index in [4.69, 9.17) is 35.3 Å². The monoisotopic (exact) mass is 823 g/mol. The summed E-state index contributed by atoms with van der Waals surface area (Å²) in [5.74, 6) is -0.154. The van der Waals surface area contributed by atoms with E-state index < -0.39 is 47.6 Å². The normalized spacial score (nSPS) is 31.8. The molecule has 58 heavy (non-hydrogen) atoms. The fraction of sp³-hybridized carbons (Fsp3) is 0.643. The first-order chi connectivity index (χ1) is 28.1. The average molecular weight is 824 g/mol. The van der Waals surface area contributed by atoms with Crippen molar-refractivity contribution < 1.29 is 48.0 Å². The minimum atomic E-state index is -1.46. The van der Waals surface area contributed by atoms with E-state index in [-0.39, 0.29) is 37.3 Å². The molecule has 0 bridgehead atoms. The van der Waals surface area contributed by atoms with E-state index in [2.05, 4.69) is 20.5 Å². The predicted octanol–water partition coefficient (Wildman–Crippen LogP) is 4.72. The van der Waals surface area contributed by atoms with Crippen molar-refractivity contribution in [2.45, 2.75) is 101 Å². The van der Waals surface area contributed by atoms with Crippen molar-refractivity contribution in [3.8, 4) is 17.4 Å². The number of carboxylic acids is 1. The van der Waals surface area contributed by atoms with Gasteiger partial charge in [-0.15, -0.1) is 0 Å². The van der Waals surface area contributed by atoms with Gasteiger partial charge in [-0.2, -0.15) is 0 Å². The fourth-order valence-electron chi connectivity index (χ4n) is 9.14. The van der Waals surface area contributed by atoms with Crippen molar-refractivity contribution in [3.05, 3.63) is 35.4 Å². The number of carboxylic acid groups (broad SMARTS) is 1. The van der Waals surface area contributed by atoms with Crippen LogP contribution < -0.4 is 24.8 Å². The standard InChI is InChI=1S/C42H54ClN5O10/c1-2-55-35-22-34(30-10-11-33(36(43)37(30)45-35)56-17-14-47-12-15-54-16-13-47)57-29-21-32-38(49)46-42(40(51)52)23-27(42)8-6-4-3-5-7-9-31(39(50)48(32)24-29)44-41(53)58-28-19-25-18-26(25)20-28/h6,8,10-11,22,25-29,31-32H,2-5,7,9,12-21,23-24H2,1H3,(H,44,53)(H,46,49)(H,51,52)/b8-6-/t25-,26+,27-,28+,29-,31+,32+,42-/m1/s1. The molecule has 1 aromatic carbocycles. The number of carbonyl (C=O) groups is 4. The minimum absolute atomic E-state index is 0.00376. The molecule has 3 aliphatic heterocycles. The number of allylic oxidation sites excluding steroid dienone is 1. The Morgan fingerprint density at radius 1 is 1.05 bits per heavy atom. The molecular formula is C42H54ClN5O10. The maximum absolute atomic E-state index is 14.6. The van der Waals surface area contributed by atoms with E-state index >= 15 is 0 Å². The summed E-state index contributed by atoms with van der Waals surface area (Å²) < 4.78 is 29.8. The molecule has 2 aromatic rings. The number of rotatable bonds is 11. The molecule has 314 valence electrons. The van der Waals surface area contributed by atoms with Crippen molar-refractivity contribution in [2.75, 3.05) is 52.6 Å². The molecule has 2 saturated heterocycles. The Morgan fingerprint density at radius 2 is 1.86 bits per heavy atom. The van der Waals surface area contributed by atoms with Gasteiger partial charge in [-0.05, 0) is 75.8 Å². The Balaban J connectivity index is 1.04. The highest BCUT2D eigenvalue weighted by molar-refractivity contribution is 6.36. The first-order valence-electron chi connectivity index (χ1n) is 21.0. The van der Waals surface area contributed by atoms with Crippen molar-refractivity contribution in [1.29, 1.82) is 0 Å². The highest BCUT2D eigenvalue weighted by Crippen LogP contribution is 2.52. The second-order valence-electron chi connectivity index (χ2n) is 16.5. The molecule has 3 amide bonds. The van der Waals surface area contributed by atoms with Crippen molar-refractivity contribution in [1.82, 2.24) is 25.4 Å². The maximum atomic E-state index is 14.6. The number of aliphatic carboxylic acids is 1. The summed E-state index contributed by atoms with van der Waals surface area (Å²) in [6, 6.07) is 3.22. The maximum Gasteiger partial charge on any atom is 0.408 e. The lowest BCUT2D eigenvalue weighted by Crippen LogP contribution is -2.56. The van der Waals surface area contributed by atoms with Crippen molar-refractivity contribution >= 4 is 46.4 Å². The van der Waals surface area contributed by atoms with Gasteiger partial charge in [0.05, 0.1) is 26.4 Å². The number of nitrogens with zero attached hydrogens (tertiary/aromatic N) is 3. The van der Waals surface area contributed by atoms with Gasteiger partial charge in [0.2, 0.25) is 17.7 Å².